The van der Waals surface area contributed by atoms with Crippen LogP contribution in [-0.2, 0) is 9.47 Å². The first-order chi connectivity index (χ1) is 8.25. The van der Waals surface area contributed by atoms with Gasteiger partial charge in [-0.25, -0.2) is 4.98 Å². The van der Waals surface area contributed by atoms with Gasteiger partial charge in [-0.2, -0.15) is 0 Å². The molecule has 6 heteroatoms. The molecule has 0 fully saturated rings. The third-order valence-corrected chi connectivity index (χ3v) is 1.97. The quantitative estimate of drug-likeness (QED) is 0.664. The first-order valence-corrected chi connectivity index (χ1v) is 5.24. The predicted octanol–water partition coefficient (Wildman–Crippen LogP) is 0.180. The molecule has 0 spiro atoms. The summed E-state index contributed by atoms with van der Waals surface area (Å²) in [5.74, 6) is -0.552. The summed E-state index contributed by atoms with van der Waals surface area (Å²) in [6.07, 6.45) is 1.45. The van der Waals surface area contributed by atoms with Crippen molar-refractivity contribution in [2.24, 2.45) is 0 Å². The summed E-state index contributed by atoms with van der Waals surface area (Å²) in [6, 6.07) is 2.97. The number of hydrogen-bond acceptors (Lipinski definition) is 5. The number of aromatic hydroxyl groups is 1. The van der Waals surface area contributed by atoms with Gasteiger partial charge < -0.3 is 19.9 Å². The summed E-state index contributed by atoms with van der Waals surface area (Å²) in [5.41, 5.74) is 0.0180. The van der Waals surface area contributed by atoms with Crippen molar-refractivity contribution >= 4 is 5.91 Å². The fourth-order valence-electron chi connectivity index (χ4n) is 1.14. The van der Waals surface area contributed by atoms with Gasteiger partial charge in [-0.3, -0.25) is 4.79 Å². The molecule has 0 bridgehead atoms. The van der Waals surface area contributed by atoms with E-state index in [9.17, 15) is 9.90 Å². The van der Waals surface area contributed by atoms with Gasteiger partial charge in [-0.15, -0.1) is 0 Å². The number of carbonyl (C=O) groups excluding carboxylic acids is 1. The van der Waals surface area contributed by atoms with E-state index in [0.717, 1.165) is 0 Å². The maximum absolute atomic E-state index is 11.5. The van der Waals surface area contributed by atoms with Crippen molar-refractivity contribution in [1.29, 1.82) is 0 Å². The summed E-state index contributed by atoms with van der Waals surface area (Å²) in [7, 11) is 1.59. The molecule has 0 saturated heterocycles. The second-order valence-electron chi connectivity index (χ2n) is 3.23. The Hall–Kier alpha value is -1.66. The molecule has 1 heterocycles. The van der Waals surface area contributed by atoms with Crippen LogP contribution in [0, 0.1) is 0 Å². The zero-order valence-corrected chi connectivity index (χ0v) is 9.68. The smallest absolute Gasteiger partial charge is 0.273 e. The molecule has 17 heavy (non-hydrogen) atoms. The number of nitrogens with one attached hydrogen (secondary N) is 1. The Morgan fingerprint density at radius 1 is 1.47 bits per heavy atom. The molecule has 0 aliphatic heterocycles. The Kier molecular flexibility index (Phi) is 5.98. The normalized spacial score (nSPS) is 10.2. The van der Waals surface area contributed by atoms with Crippen LogP contribution in [0.15, 0.2) is 18.3 Å². The Morgan fingerprint density at radius 3 is 3.00 bits per heavy atom. The molecule has 1 aromatic rings. The van der Waals surface area contributed by atoms with Crippen molar-refractivity contribution in [3.63, 3.8) is 0 Å². The molecular weight excluding hydrogens is 224 g/mol. The highest BCUT2D eigenvalue weighted by atomic mass is 16.5. The Bertz CT molecular complexity index is 357. The van der Waals surface area contributed by atoms with Crippen LogP contribution in [0.5, 0.6) is 5.75 Å². The molecule has 2 N–H and O–H groups in total. The van der Waals surface area contributed by atoms with Crippen molar-refractivity contribution < 1.29 is 19.4 Å². The highest BCUT2D eigenvalue weighted by Crippen LogP contribution is 2.11. The monoisotopic (exact) mass is 240 g/mol. The van der Waals surface area contributed by atoms with E-state index >= 15 is 0 Å². The highest BCUT2D eigenvalue weighted by molar-refractivity contribution is 5.94. The van der Waals surface area contributed by atoms with Gasteiger partial charge >= 0.3 is 0 Å². The first kappa shape index (κ1) is 13.4. The van der Waals surface area contributed by atoms with E-state index < -0.39 is 5.91 Å². The number of carbonyl (C=O) groups is 1. The number of pyridine rings is 1. The van der Waals surface area contributed by atoms with E-state index in [0.29, 0.717) is 26.4 Å². The summed E-state index contributed by atoms with van der Waals surface area (Å²) < 4.78 is 9.97. The lowest BCUT2D eigenvalue weighted by Gasteiger charge is -2.06. The highest BCUT2D eigenvalue weighted by Gasteiger charge is 2.10. The Labute approximate surface area is 99.6 Å². The van der Waals surface area contributed by atoms with Crippen LogP contribution in [-0.4, -0.2) is 49.5 Å². The summed E-state index contributed by atoms with van der Waals surface area (Å²) in [5, 5.41) is 12.0. The van der Waals surface area contributed by atoms with Crippen LogP contribution in [0.4, 0.5) is 0 Å². The zero-order valence-electron chi connectivity index (χ0n) is 9.68. The third kappa shape index (κ3) is 4.80. The maximum Gasteiger partial charge on any atom is 0.273 e. The standard InChI is InChI=1S/C11H16N2O4/c1-16-7-8-17-6-5-13-11(15)10-9(14)3-2-4-12-10/h2-4,14H,5-8H2,1H3,(H,13,15). The van der Waals surface area contributed by atoms with Gasteiger partial charge in [0, 0.05) is 19.9 Å². The van der Waals surface area contributed by atoms with Gasteiger partial charge in [0.25, 0.3) is 5.91 Å². The van der Waals surface area contributed by atoms with E-state index in [1.54, 1.807) is 13.2 Å². The van der Waals surface area contributed by atoms with Gasteiger partial charge in [-0.1, -0.05) is 0 Å². The lowest BCUT2D eigenvalue weighted by Crippen LogP contribution is -2.28. The molecule has 1 rings (SSSR count). The average Bonchev–Trinajstić information content (AvgIpc) is 2.34. The first-order valence-electron chi connectivity index (χ1n) is 5.24. The fraction of sp³-hybridized carbons (Fsp3) is 0.455. The Morgan fingerprint density at radius 2 is 2.29 bits per heavy atom. The van der Waals surface area contributed by atoms with Crippen LogP contribution in [0.1, 0.15) is 10.5 Å². The minimum Gasteiger partial charge on any atom is -0.505 e. The predicted molar refractivity (Wildman–Crippen MR) is 60.9 cm³/mol. The van der Waals surface area contributed by atoms with Gasteiger partial charge in [0.1, 0.15) is 5.75 Å². The summed E-state index contributed by atoms with van der Waals surface area (Å²) >= 11 is 0. The number of hydrogen-bond donors (Lipinski definition) is 2. The fourth-order valence-corrected chi connectivity index (χ4v) is 1.14. The van der Waals surface area contributed by atoms with Crippen molar-refractivity contribution in [3.8, 4) is 5.75 Å². The molecule has 0 saturated carbocycles. The van der Waals surface area contributed by atoms with Gasteiger partial charge in [-0.05, 0) is 12.1 Å². The van der Waals surface area contributed by atoms with Crippen LogP contribution >= 0.6 is 0 Å². The molecule has 0 aromatic carbocycles. The van der Waals surface area contributed by atoms with E-state index in [1.165, 1.54) is 12.3 Å². The maximum atomic E-state index is 11.5. The number of ether oxygens (including phenoxy) is 2. The second kappa shape index (κ2) is 7.59. The lowest BCUT2D eigenvalue weighted by atomic mass is 10.3. The van der Waals surface area contributed by atoms with Crippen molar-refractivity contribution in [1.82, 2.24) is 10.3 Å². The van der Waals surface area contributed by atoms with Crippen molar-refractivity contribution in [2.45, 2.75) is 0 Å². The molecule has 0 unspecified atom stereocenters. The summed E-state index contributed by atoms with van der Waals surface area (Å²) in [6.45, 7) is 1.76. The van der Waals surface area contributed by atoms with Gasteiger partial charge in [0.2, 0.25) is 0 Å². The molecule has 0 atom stereocenters. The van der Waals surface area contributed by atoms with Crippen molar-refractivity contribution in [2.75, 3.05) is 33.5 Å². The molecule has 0 aliphatic rings. The number of amides is 1. The topological polar surface area (TPSA) is 80.7 Å². The molecule has 1 amide bonds. The number of aromatic nitrogens is 1. The number of nitrogens with zero attached hydrogens (tertiary/aromatic N) is 1. The summed E-state index contributed by atoms with van der Waals surface area (Å²) in [4.78, 5) is 15.3. The molecule has 94 valence electrons. The van der Waals surface area contributed by atoms with E-state index in [2.05, 4.69) is 10.3 Å². The number of rotatable bonds is 7. The van der Waals surface area contributed by atoms with Crippen LogP contribution < -0.4 is 5.32 Å². The number of methoxy groups -OCH3 is 1. The Balaban J connectivity index is 2.24. The zero-order chi connectivity index (χ0) is 12.5. The molecule has 0 radical (unpaired) electrons. The second-order valence-corrected chi connectivity index (χ2v) is 3.23. The minimum absolute atomic E-state index is 0.0180. The van der Waals surface area contributed by atoms with Gasteiger partial charge in [0.05, 0.1) is 19.8 Å². The lowest BCUT2D eigenvalue weighted by molar-refractivity contribution is 0.0691. The molecular formula is C11H16N2O4. The molecule has 0 aliphatic carbocycles. The van der Waals surface area contributed by atoms with Crippen LogP contribution in [0.2, 0.25) is 0 Å². The largest absolute Gasteiger partial charge is 0.505 e. The van der Waals surface area contributed by atoms with E-state index in [1.807, 2.05) is 0 Å². The SMILES string of the molecule is COCCOCCNC(=O)c1ncccc1O. The molecule has 1 aromatic heterocycles. The minimum atomic E-state index is -0.418. The average molecular weight is 240 g/mol. The van der Waals surface area contributed by atoms with Crippen LogP contribution in [0.3, 0.4) is 0 Å². The molecule has 6 nitrogen and oxygen atoms in total. The van der Waals surface area contributed by atoms with E-state index in [-0.39, 0.29) is 11.4 Å². The van der Waals surface area contributed by atoms with Crippen LogP contribution in [0.25, 0.3) is 0 Å². The third-order valence-electron chi connectivity index (χ3n) is 1.97. The van der Waals surface area contributed by atoms with Gasteiger partial charge in [0.15, 0.2) is 5.69 Å². The van der Waals surface area contributed by atoms with Crippen molar-refractivity contribution in [3.05, 3.63) is 24.0 Å². The van der Waals surface area contributed by atoms with E-state index in [4.69, 9.17) is 9.47 Å².